The fourth-order valence-corrected chi connectivity index (χ4v) is 2.73. The number of likely N-dealkylation sites (tertiary alicyclic amines) is 1. The Morgan fingerprint density at radius 3 is 2.67 bits per heavy atom. The zero-order valence-corrected chi connectivity index (χ0v) is 12.1. The predicted octanol–water partition coefficient (Wildman–Crippen LogP) is 1.67. The predicted molar refractivity (Wildman–Crippen MR) is 71.3 cm³/mol. The van der Waals surface area contributed by atoms with Gasteiger partial charge >= 0.3 is 5.97 Å². The first-order chi connectivity index (χ1) is 8.36. The van der Waals surface area contributed by atoms with Gasteiger partial charge in [0, 0.05) is 6.54 Å². The van der Waals surface area contributed by atoms with Crippen LogP contribution in [0.25, 0.3) is 0 Å². The van der Waals surface area contributed by atoms with Gasteiger partial charge in [-0.3, -0.25) is 4.90 Å². The van der Waals surface area contributed by atoms with Gasteiger partial charge in [-0.15, -0.1) is 0 Å². The van der Waals surface area contributed by atoms with Crippen LogP contribution in [0.2, 0.25) is 0 Å². The maximum absolute atomic E-state index is 11.5. The molecule has 1 saturated heterocycles. The van der Waals surface area contributed by atoms with Gasteiger partial charge in [0.1, 0.15) is 0 Å². The molecule has 0 aromatic carbocycles. The highest BCUT2D eigenvalue weighted by Gasteiger charge is 2.34. The van der Waals surface area contributed by atoms with E-state index in [1.54, 1.807) is 0 Å². The zero-order valence-electron chi connectivity index (χ0n) is 12.1. The second-order valence-electron chi connectivity index (χ2n) is 5.98. The number of hydrogen-bond acceptors (Lipinski definition) is 4. The molecule has 106 valence electrons. The minimum atomic E-state index is -1.40. The van der Waals surface area contributed by atoms with Crippen LogP contribution in [-0.4, -0.2) is 48.3 Å². The van der Waals surface area contributed by atoms with Gasteiger partial charge in [0.05, 0.1) is 7.11 Å². The second-order valence-corrected chi connectivity index (χ2v) is 5.98. The Hall–Kier alpha value is -0.610. The normalized spacial score (nSPS) is 25.6. The molecule has 0 aromatic rings. The highest BCUT2D eigenvalue weighted by molar-refractivity contribution is 5.78. The third-order valence-electron chi connectivity index (χ3n) is 3.96. The van der Waals surface area contributed by atoms with Gasteiger partial charge in [-0.2, -0.15) is 0 Å². The summed E-state index contributed by atoms with van der Waals surface area (Å²) in [7, 11) is 1.31. The molecule has 2 atom stereocenters. The molecule has 1 fully saturated rings. The van der Waals surface area contributed by atoms with E-state index in [1.807, 2.05) is 0 Å². The Morgan fingerprint density at radius 1 is 1.44 bits per heavy atom. The SMILES string of the molecule is COC(=O)C(C)(O)CN1CCCC(C(C)C)CC1. The number of carbonyl (C=O) groups is 1. The Kier molecular flexibility index (Phi) is 5.60. The fraction of sp³-hybridized carbons (Fsp3) is 0.929. The molecule has 18 heavy (non-hydrogen) atoms. The van der Waals surface area contributed by atoms with Crippen LogP contribution < -0.4 is 0 Å². The summed E-state index contributed by atoms with van der Waals surface area (Å²) in [5.74, 6) is 0.927. The minimum absolute atomic E-state index is 0.366. The van der Waals surface area contributed by atoms with E-state index in [2.05, 4.69) is 23.5 Å². The molecule has 1 N–H and O–H groups in total. The van der Waals surface area contributed by atoms with Crippen LogP contribution in [0.3, 0.4) is 0 Å². The molecule has 1 aliphatic rings. The van der Waals surface area contributed by atoms with E-state index in [-0.39, 0.29) is 0 Å². The van der Waals surface area contributed by atoms with Gasteiger partial charge in [-0.05, 0) is 51.1 Å². The van der Waals surface area contributed by atoms with Crippen molar-refractivity contribution in [3.05, 3.63) is 0 Å². The topological polar surface area (TPSA) is 49.8 Å². The zero-order chi connectivity index (χ0) is 13.8. The molecular formula is C14H27NO3. The summed E-state index contributed by atoms with van der Waals surface area (Å²) < 4.78 is 4.63. The lowest BCUT2D eigenvalue weighted by molar-refractivity contribution is -0.162. The van der Waals surface area contributed by atoms with E-state index in [0.717, 1.165) is 31.8 Å². The molecule has 0 radical (unpaired) electrons. The molecule has 0 aliphatic carbocycles. The number of hydrogen-bond donors (Lipinski definition) is 1. The smallest absolute Gasteiger partial charge is 0.338 e. The molecular weight excluding hydrogens is 230 g/mol. The molecule has 1 heterocycles. The molecule has 4 nitrogen and oxygen atoms in total. The first-order valence-electron chi connectivity index (χ1n) is 6.90. The van der Waals surface area contributed by atoms with Crippen molar-refractivity contribution < 1.29 is 14.6 Å². The lowest BCUT2D eigenvalue weighted by atomic mass is 9.89. The Morgan fingerprint density at radius 2 is 2.11 bits per heavy atom. The standard InChI is InChI=1S/C14H27NO3/c1-11(2)12-6-5-8-15(9-7-12)10-14(3,17)13(16)18-4/h11-12,17H,5-10H2,1-4H3. The molecule has 1 rings (SSSR count). The van der Waals surface area contributed by atoms with Crippen molar-refractivity contribution >= 4 is 5.97 Å². The molecule has 0 amide bonds. The minimum Gasteiger partial charge on any atom is -0.467 e. The van der Waals surface area contributed by atoms with Crippen LogP contribution in [0.4, 0.5) is 0 Å². The second kappa shape index (κ2) is 6.53. The van der Waals surface area contributed by atoms with Gasteiger partial charge in [0.2, 0.25) is 0 Å². The largest absolute Gasteiger partial charge is 0.467 e. The summed E-state index contributed by atoms with van der Waals surface area (Å²) in [6.45, 7) is 8.34. The number of β-amino-alcohol motifs (C(OH)–C–C–N with tert-alkyl or cyclic N) is 1. The van der Waals surface area contributed by atoms with E-state index in [4.69, 9.17) is 0 Å². The summed E-state index contributed by atoms with van der Waals surface area (Å²) in [6, 6.07) is 0. The summed E-state index contributed by atoms with van der Waals surface area (Å²) in [5.41, 5.74) is -1.40. The average molecular weight is 257 g/mol. The van der Waals surface area contributed by atoms with E-state index >= 15 is 0 Å². The van der Waals surface area contributed by atoms with Gasteiger partial charge in [0.25, 0.3) is 0 Å². The maximum atomic E-state index is 11.5. The van der Waals surface area contributed by atoms with Crippen molar-refractivity contribution in [1.82, 2.24) is 4.90 Å². The van der Waals surface area contributed by atoms with Crippen molar-refractivity contribution in [2.75, 3.05) is 26.7 Å². The van der Waals surface area contributed by atoms with Crippen molar-refractivity contribution in [2.24, 2.45) is 11.8 Å². The van der Waals surface area contributed by atoms with E-state index < -0.39 is 11.6 Å². The Labute approximate surface area is 110 Å². The van der Waals surface area contributed by atoms with Crippen LogP contribution in [-0.2, 0) is 9.53 Å². The van der Waals surface area contributed by atoms with E-state index in [9.17, 15) is 9.90 Å². The molecule has 4 heteroatoms. The molecule has 2 unspecified atom stereocenters. The highest BCUT2D eigenvalue weighted by Crippen LogP contribution is 2.25. The summed E-state index contributed by atoms with van der Waals surface area (Å²) in [6.07, 6.45) is 3.53. The third kappa shape index (κ3) is 4.25. The molecule has 0 bridgehead atoms. The Balaban J connectivity index is 2.51. The fourth-order valence-electron chi connectivity index (χ4n) is 2.73. The van der Waals surface area contributed by atoms with Crippen molar-refractivity contribution in [1.29, 1.82) is 0 Å². The van der Waals surface area contributed by atoms with Gasteiger partial charge in [0.15, 0.2) is 5.60 Å². The van der Waals surface area contributed by atoms with Crippen molar-refractivity contribution in [2.45, 2.75) is 45.6 Å². The summed E-state index contributed by atoms with van der Waals surface area (Å²) in [5, 5.41) is 10.1. The van der Waals surface area contributed by atoms with Crippen LogP contribution in [0.1, 0.15) is 40.0 Å². The number of rotatable bonds is 4. The number of methoxy groups -OCH3 is 1. The third-order valence-corrected chi connectivity index (χ3v) is 3.96. The lowest BCUT2D eigenvalue weighted by Gasteiger charge is -2.28. The van der Waals surface area contributed by atoms with Gasteiger partial charge in [-0.1, -0.05) is 13.8 Å². The molecule has 1 aliphatic heterocycles. The lowest BCUT2D eigenvalue weighted by Crippen LogP contribution is -2.47. The molecule has 0 aromatic heterocycles. The van der Waals surface area contributed by atoms with Crippen LogP contribution in [0.5, 0.6) is 0 Å². The Bertz CT molecular complexity index is 276. The first kappa shape index (κ1) is 15.4. The molecule has 0 spiro atoms. The van der Waals surface area contributed by atoms with Crippen LogP contribution >= 0.6 is 0 Å². The average Bonchev–Trinajstić information content (AvgIpc) is 2.53. The number of aliphatic hydroxyl groups is 1. The van der Waals surface area contributed by atoms with Gasteiger partial charge < -0.3 is 9.84 Å². The van der Waals surface area contributed by atoms with Crippen molar-refractivity contribution in [3.8, 4) is 0 Å². The van der Waals surface area contributed by atoms with Crippen LogP contribution in [0, 0.1) is 11.8 Å². The highest BCUT2D eigenvalue weighted by atomic mass is 16.5. The number of nitrogens with zero attached hydrogens (tertiary/aromatic N) is 1. The maximum Gasteiger partial charge on any atom is 0.338 e. The quantitative estimate of drug-likeness (QED) is 0.778. The van der Waals surface area contributed by atoms with E-state index in [1.165, 1.54) is 20.5 Å². The molecule has 0 saturated carbocycles. The van der Waals surface area contributed by atoms with Crippen molar-refractivity contribution in [3.63, 3.8) is 0 Å². The number of carbonyl (C=O) groups excluding carboxylic acids is 1. The first-order valence-corrected chi connectivity index (χ1v) is 6.90. The van der Waals surface area contributed by atoms with Crippen LogP contribution in [0.15, 0.2) is 0 Å². The monoisotopic (exact) mass is 257 g/mol. The summed E-state index contributed by atoms with van der Waals surface area (Å²) in [4.78, 5) is 13.6. The van der Waals surface area contributed by atoms with Gasteiger partial charge in [-0.25, -0.2) is 4.79 Å². The van der Waals surface area contributed by atoms with E-state index in [0.29, 0.717) is 12.5 Å². The summed E-state index contributed by atoms with van der Waals surface area (Å²) >= 11 is 0. The number of ether oxygens (including phenoxy) is 1. The number of esters is 1.